The van der Waals surface area contributed by atoms with Crippen LogP contribution in [0.4, 0.5) is 0 Å². The van der Waals surface area contributed by atoms with Crippen LogP contribution in [0.1, 0.15) is 10.9 Å². The Kier molecular flexibility index (Phi) is 2.37. The highest BCUT2D eigenvalue weighted by Gasteiger charge is 2.29. The summed E-state index contributed by atoms with van der Waals surface area (Å²) in [5.74, 6) is 0.913. The van der Waals surface area contributed by atoms with Gasteiger partial charge in [0.05, 0.1) is 5.75 Å². The molecule has 0 spiro atoms. The first-order valence-electron chi connectivity index (χ1n) is 4.34. The number of hydrogen-bond donors (Lipinski definition) is 1. The summed E-state index contributed by atoms with van der Waals surface area (Å²) >= 11 is 1.59. The quantitative estimate of drug-likeness (QED) is 0.763. The number of phenolic OH excluding ortho intramolecular Hbond substituents is 1. The molecule has 1 aromatic carbocycles. The van der Waals surface area contributed by atoms with Crippen LogP contribution in [0.2, 0.25) is 0 Å². The average Bonchev–Trinajstić information content (AvgIpc) is 2.48. The first-order chi connectivity index (χ1) is 6.68. The van der Waals surface area contributed by atoms with Crippen molar-refractivity contribution in [2.45, 2.75) is 5.37 Å². The zero-order valence-corrected chi connectivity index (χ0v) is 8.62. The standard InChI is InChI=1S/C10H11NO2S/c1-11-9(13)6-14-10(11)7-3-2-4-8(12)5-7/h2-5,10,12H,6H2,1H3. The average molecular weight is 209 g/mol. The van der Waals surface area contributed by atoms with Crippen LogP contribution in [-0.2, 0) is 4.79 Å². The maximum atomic E-state index is 11.3. The first kappa shape index (κ1) is 9.40. The highest BCUT2D eigenvalue weighted by molar-refractivity contribution is 8.00. The van der Waals surface area contributed by atoms with Gasteiger partial charge in [0.2, 0.25) is 5.91 Å². The van der Waals surface area contributed by atoms with Crippen LogP contribution in [0.15, 0.2) is 24.3 Å². The lowest BCUT2D eigenvalue weighted by Crippen LogP contribution is -2.22. The highest BCUT2D eigenvalue weighted by Crippen LogP contribution is 2.37. The van der Waals surface area contributed by atoms with Crippen molar-refractivity contribution in [3.05, 3.63) is 29.8 Å². The predicted octanol–water partition coefficient (Wildman–Crippen LogP) is 1.60. The van der Waals surface area contributed by atoms with Gasteiger partial charge >= 0.3 is 0 Å². The summed E-state index contributed by atoms with van der Waals surface area (Å²) < 4.78 is 0. The van der Waals surface area contributed by atoms with Crippen molar-refractivity contribution in [2.24, 2.45) is 0 Å². The van der Waals surface area contributed by atoms with Gasteiger partial charge in [0, 0.05) is 7.05 Å². The normalized spacial score (nSPS) is 21.6. The van der Waals surface area contributed by atoms with E-state index in [-0.39, 0.29) is 17.0 Å². The molecule has 0 radical (unpaired) electrons. The number of phenols is 1. The maximum absolute atomic E-state index is 11.3. The van der Waals surface area contributed by atoms with Crippen molar-refractivity contribution in [1.82, 2.24) is 4.90 Å². The number of thioether (sulfide) groups is 1. The molecule has 1 heterocycles. The lowest BCUT2D eigenvalue weighted by atomic mass is 10.2. The summed E-state index contributed by atoms with van der Waals surface area (Å²) in [5.41, 5.74) is 0.975. The number of hydrogen-bond acceptors (Lipinski definition) is 3. The number of carbonyl (C=O) groups is 1. The molecule has 3 nitrogen and oxygen atoms in total. The minimum Gasteiger partial charge on any atom is -0.508 e. The van der Waals surface area contributed by atoms with E-state index >= 15 is 0 Å². The zero-order valence-electron chi connectivity index (χ0n) is 7.80. The Balaban J connectivity index is 2.28. The van der Waals surface area contributed by atoms with E-state index in [4.69, 9.17) is 0 Å². The van der Waals surface area contributed by atoms with Gasteiger partial charge in [-0.15, -0.1) is 11.8 Å². The van der Waals surface area contributed by atoms with Gasteiger partial charge in [-0.2, -0.15) is 0 Å². The van der Waals surface area contributed by atoms with E-state index < -0.39 is 0 Å². The van der Waals surface area contributed by atoms with E-state index in [1.807, 2.05) is 6.07 Å². The molecule has 0 bridgehead atoms. The van der Waals surface area contributed by atoms with Gasteiger partial charge in [0.1, 0.15) is 11.1 Å². The lowest BCUT2D eigenvalue weighted by molar-refractivity contribution is -0.126. The second kappa shape index (κ2) is 3.53. The summed E-state index contributed by atoms with van der Waals surface area (Å²) in [6.45, 7) is 0. The van der Waals surface area contributed by atoms with Crippen molar-refractivity contribution in [2.75, 3.05) is 12.8 Å². The molecule has 74 valence electrons. The Hall–Kier alpha value is -1.16. The molecule has 14 heavy (non-hydrogen) atoms. The maximum Gasteiger partial charge on any atom is 0.233 e. The van der Waals surface area contributed by atoms with E-state index in [2.05, 4.69) is 0 Å². The molecular weight excluding hydrogens is 198 g/mol. The Morgan fingerprint density at radius 1 is 1.57 bits per heavy atom. The Morgan fingerprint density at radius 2 is 2.36 bits per heavy atom. The summed E-state index contributed by atoms with van der Waals surface area (Å²) in [6.07, 6.45) is 0. The molecule has 1 saturated heterocycles. The van der Waals surface area contributed by atoms with Crippen molar-refractivity contribution in [3.8, 4) is 5.75 Å². The zero-order chi connectivity index (χ0) is 10.1. The second-order valence-corrected chi connectivity index (χ2v) is 4.33. The van der Waals surface area contributed by atoms with Gasteiger partial charge in [0.15, 0.2) is 0 Å². The van der Waals surface area contributed by atoms with Gasteiger partial charge < -0.3 is 10.0 Å². The van der Waals surface area contributed by atoms with Crippen molar-refractivity contribution in [1.29, 1.82) is 0 Å². The fraction of sp³-hybridized carbons (Fsp3) is 0.300. The molecule has 1 fully saturated rings. The molecule has 1 N–H and O–H groups in total. The molecule has 0 saturated carbocycles. The van der Waals surface area contributed by atoms with E-state index in [0.717, 1.165) is 5.56 Å². The molecule has 1 amide bonds. The third-order valence-electron chi connectivity index (χ3n) is 2.27. The number of nitrogens with zero attached hydrogens (tertiary/aromatic N) is 1. The van der Waals surface area contributed by atoms with Crippen LogP contribution in [-0.4, -0.2) is 28.7 Å². The van der Waals surface area contributed by atoms with Crippen molar-refractivity contribution < 1.29 is 9.90 Å². The van der Waals surface area contributed by atoms with Gasteiger partial charge in [-0.25, -0.2) is 0 Å². The second-order valence-electron chi connectivity index (χ2n) is 3.26. The Morgan fingerprint density at radius 3 is 2.93 bits per heavy atom. The van der Waals surface area contributed by atoms with Gasteiger partial charge in [-0.05, 0) is 17.7 Å². The molecular formula is C10H11NO2S. The van der Waals surface area contributed by atoms with E-state index in [0.29, 0.717) is 5.75 Å². The van der Waals surface area contributed by atoms with E-state index in [1.54, 1.807) is 41.9 Å². The Bertz CT molecular complexity index is 367. The number of amides is 1. The van der Waals surface area contributed by atoms with Crippen LogP contribution in [0.3, 0.4) is 0 Å². The minimum atomic E-state index is 0.0506. The Labute approximate surface area is 86.7 Å². The summed E-state index contributed by atoms with van der Waals surface area (Å²) in [6, 6.07) is 7.05. The molecule has 4 heteroatoms. The van der Waals surface area contributed by atoms with Crippen molar-refractivity contribution >= 4 is 17.7 Å². The summed E-state index contributed by atoms with van der Waals surface area (Å²) in [4.78, 5) is 13.0. The van der Waals surface area contributed by atoms with Gasteiger partial charge in [0.25, 0.3) is 0 Å². The topological polar surface area (TPSA) is 40.5 Å². The van der Waals surface area contributed by atoms with Crippen LogP contribution >= 0.6 is 11.8 Å². The summed E-state index contributed by atoms with van der Waals surface area (Å²) in [7, 11) is 1.79. The lowest BCUT2D eigenvalue weighted by Gasteiger charge is -2.18. The van der Waals surface area contributed by atoms with Gasteiger partial charge in [-0.1, -0.05) is 12.1 Å². The predicted molar refractivity (Wildman–Crippen MR) is 56.1 cm³/mol. The molecule has 1 aliphatic rings. The van der Waals surface area contributed by atoms with Crippen LogP contribution in [0.5, 0.6) is 5.75 Å². The number of benzene rings is 1. The number of carbonyl (C=O) groups excluding carboxylic acids is 1. The van der Waals surface area contributed by atoms with Crippen LogP contribution in [0.25, 0.3) is 0 Å². The number of aromatic hydroxyl groups is 1. The minimum absolute atomic E-state index is 0.0506. The summed E-state index contributed by atoms with van der Waals surface area (Å²) in [5, 5.41) is 9.36. The molecule has 1 unspecified atom stereocenters. The molecule has 1 aliphatic heterocycles. The molecule has 2 rings (SSSR count). The van der Waals surface area contributed by atoms with Crippen LogP contribution in [0, 0.1) is 0 Å². The third kappa shape index (κ3) is 1.57. The van der Waals surface area contributed by atoms with Gasteiger partial charge in [-0.3, -0.25) is 4.79 Å². The fourth-order valence-corrected chi connectivity index (χ4v) is 2.68. The molecule has 1 aromatic rings. The monoisotopic (exact) mass is 209 g/mol. The largest absolute Gasteiger partial charge is 0.508 e. The SMILES string of the molecule is CN1C(=O)CSC1c1cccc(O)c1. The highest BCUT2D eigenvalue weighted by atomic mass is 32.2. The number of rotatable bonds is 1. The molecule has 0 aliphatic carbocycles. The molecule has 1 atom stereocenters. The van der Waals surface area contributed by atoms with E-state index in [1.165, 1.54) is 0 Å². The third-order valence-corrected chi connectivity index (χ3v) is 3.58. The molecule has 0 aromatic heterocycles. The smallest absolute Gasteiger partial charge is 0.233 e. The fourth-order valence-electron chi connectivity index (χ4n) is 1.49. The van der Waals surface area contributed by atoms with E-state index in [9.17, 15) is 9.90 Å². The van der Waals surface area contributed by atoms with Crippen LogP contribution < -0.4 is 0 Å². The first-order valence-corrected chi connectivity index (χ1v) is 5.39. The van der Waals surface area contributed by atoms with Crippen molar-refractivity contribution in [3.63, 3.8) is 0 Å².